The first kappa shape index (κ1) is 9.83. The second-order valence-corrected chi connectivity index (χ2v) is 6.72. The Hall–Kier alpha value is 0.747. The fourth-order valence-electron chi connectivity index (χ4n) is 0.821. The topological polar surface area (TPSA) is 0 Å². The van der Waals surface area contributed by atoms with Gasteiger partial charge in [0.25, 0.3) is 0 Å². The van der Waals surface area contributed by atoms with Crippen molar-refractivity contribution in [3.63, 3.8) is 0 Å². The lowest BCUT2D eigenvalue weighted by atomic mass is 10.2. The van der Waals surface area contributed by atoms with E-state index in [1.165, 1.54) is 5.56 Å². The molecular weight excluding hydrogens is 310 g/mol. The zero-order chi connectivity index (χ0) is 8.27. The standard InChI is InChI=1S/C7H6Cl2ISi/c8-11(9)7-4-2-1-3-6(7)5-10/h1-4H,5H2. The van der Waals surface area contributed by atoms with Gasteiger partial charge in [0.15, 0.2) is 0 Å². The SMILES string of the molecule is Cl[Si](Cl)c1ccccc1CI. The predicted octanol–water partition coefficient (Wildman–Crippen LogP) is 2.79. The smallest absolute Gasteiger partial charge is 0.140 e. The third-order valence-corrected chi connectivity index (χ3v) is 4.30. The lowest BCUT2D eigenvalue weighted by molar-refractivity contribution is 1.50. The quantitative estimate of drug-likeness (QED) is 0.341. The van der Waals surface area contributed by atoms with Crippen LogP contribution in [-0.4, -0.2) is 7.42 Å². The molecule has 0 nitrogen and oxygen atoms in total. The molecule has 1 radical (unpaired) electrons. The van der Waals surface area contributed by atoms with Crippen LogP contribution in [0.1, 0.15) is 5.56 Å². The van der Waals surface area contributed by atoms with Gasteiger partial charge in [-0.25, -0.2) is 0 Å². The van der Waals surface area contributed by atoms with Gasteiger partial charge >= 0.3 is 7.42 Å². The Morgan fingerprint density at radius 1 is 1.27 bits per heavy atom. The van der Waals surface area contributed by atoms with E-state index in [0.29, 0.717) is 0 Å². The lowest BCUT2D eigenvalue weighted by Crippen LogP contribution is -2.21. The molecule has 0 spiro atoms. The molecule has 0 atom stereocenters. The van der Waals surface area contributed by atoms with Gasteiger partial charge in [0.2, 0.25) is 0 Å². The molecule has 0 saturated carbocycles. The Kier molecular flexibility index (Phi) is 4.20. The molecule has 0 unspecified atom stereocenters. The molecule has 59 valence electrons. The number of hydrogen-bond donors (Lipinski definition) is 0. The van der Waals surface area contributed by atoms with E-state index in [1.54, 1.807) is 0 Å². The molecular formula is C7H6Cl2ISi. The molecule has 0 aliphatic carbocycles. The normalized spacial score (nSPS) is 10.5. The second kappa shape index (κ2) is 4.69. The Morgan fingerprint density at radius 2 is 1.91 bits per heavy atom. The van der Waals surface area contributed by atoms with Crippen LogP contribution in [-0.2, 0) is 4.43 Å². The summed E-state index contributed by atoms with van der Waals surface area (Å²) in [6.07, 6.45) is 0. The molecule has 1 aromatic carbocycles. The molecule has 0 saturated heterocycles. The van der Waals surface area contributed by atoms with Crippen molar-refractivity contribution >= 4 is 57.4 Å². The van der Waals surface area contributed by atoms with Crippen LogP contribution >= 0.6 is 44.7 Å². The monoisotopic (exact) mass is 315 g/mol. The van der Waals surface area contributed by atoms with Gasteiger partial charge in [0.05, 0.1) is 0 Å². The highest BCUT2D eigenvalue weighted by Crippen LogP contribution is 2.07. The van der Waals surface area contributed by atoms with Crippen molar-refractivity contribution in [1.29, 1.82) is 0 Å². The van der Waals surface area contributed by atoms with Gasteiger partial charge in [-0.2, -0.15) is 0 Å². The Balaban J connectivity index is 3.02. The third-order valence-electron chi connectivity index (χ3n) is 1.36. The van der Waals surface area contributed by atoms with Crippen molar-refractivity contribution in [2.45, 2.75) is 4.43 Å². The first-order chi connectivity index (χ1) is 5.25. The summed E-state index contributed by atoms with van der Waals surface area (Å²) >= 11 is 14.0. The van der Waals surface area contributed by atoms with Gasteiger partial charge < -0.3 is 0 Å². The molecule has 1 aromatic rings. The summed E-state index contributed by atoms with van der Waals surface area (Å²) in [5.41, 5.74) is 1.26. The summed E-state index contributed by atoms with van der Waals surface area (Å²) in [7, 11) is -1.31. The van der Waals surface area contributed by atoms with Gasteiger partial charge in [0.1, 0.15) is 0 Å². The first-order valence-corrected chi connectivity index (χ1v) is 8.13. The number of rotatable bonds is 2. The van der Waals surface area contributed by atoms with Gasteiger partial charge in [-0.1, -0.05) is 46.9 Å². The van der Waals surface area contributed by atoms with Crippen molar-refractivity contribution in [2.24, 2.45) is 0 Å². The van der Waals surface area contributed by atoms with E-state index in [4.69, 9.17) is 22.2 Å². The molecule has 0 aliphatic rings. The van der Waals surface area contributed by atoms with E-state index >= 15 is 0 Å². The zero-order valence-electron chi connectivity index (χ0n) is 5.65. The minimum atomic E-state index is -1.31. The summed E-state index contributed by atoms with van der Waals surface area (Å²) in [5, 5.41) is 1.12. The summed E-state index contributed by atoms with van der Waals surface area (Å²) in [4.78, 5) is 0. The van der Waals surface area contributed by atoms with Crippen molar-refractivity contribution in [3.8, 4) is 0 Å². The molecule has 0 bridgehead atoms. The van der Waals surface area contributed by atoms with Crippen LogP contribution in [0.5, 0.6) is 0 Å². The highest BCUT2D eigenvalue weighted by atomic mass is 127. The average Bonchev–Trinajstić information content (AvgIpc) is 2.04. The zero-order valence-corrected chi connectivity index (χ0v) is 10.3. The summed E-state index contributed by atoms with van der Waals surface area (Å²) in [6, 6.07) is 8.05. The summed E-state index contributed by atoms with van der Waals surface area (Å²) < 4.78 is 0.974. The van der Waals surface area contributed by atoms with Crippen molar-refractivity contribution in [1.82, 2.24) is 0 Å². The summed E-state index contributed by atoms with van der Waals surface area (Å²) in [6.45, 7) is 0. The molecule has 4 heteroatoms. The fraction of sp³-hybridized carbons (Fsp3) is 0.143. The molecule has 0 heterocycles. The van der Waals surface area contributed by atoms with Crippen LogP contribution in [0, 0.1) is 0 Å². The van der Waals surface area contributed by atoms with Crippen LogP contribution in [0.15, 0.2) is 24.3 Å². The van der Waals surface area contributed by atoms with Crippen molar-refractivity contribution in [3.05, 3.63) is 29.8 Å². The van der Waals surface area contributed by atoms with E-state index < -0.39 is 7.42 Å². The minimum absolute atomic E-state index is 0.974. The highest BCUT2D eigenvalue weighted by Gasteiger charge is 2.10. The Bertz CT molecular complexity index is 240. The second-order valence-electron chi connectivity index (χ2n) is 2.05. The largest absolute Gasteiger partial charge is 0.307 e. The number of hydrogen-bond acceptors (Lipinski definition) is 0. The Labute approximate surface area is 91.1 Å². The molecule has 0 fully saturated rings. The molecule has 0 amide bonds. The highest BCUT2D eigenvalue weighted by molar-refractivity contribution is 14.1. The lowest BCUT2D eigenvalue weighted by Gasteiger charge is -2.03. The van der Waals surface area contributed by atoms with E-state index in [0.717, 1.165) is 9.61 Å². The van der Waals surface area contributed by atoms with Crippen molar-refractivity contribution in [2.75, 3.05) is 0 Å². The molecule has 1 rings (SSSR count). The fourth-order valence-corrected chi connectivity index (χ4v) is 3.59. The number of halogens is 3. The Morgan fingerprint density at radius 3 is 2.36 bits per heavy atom. The van der Waals surface area contributed by atoms with E-state index in [-0.39, 0.29) is 0 Å². The number of benzene rings is 1. The van der Waals surface area contributed by atoms with Crippen LogP contribution in [0.2, 0.25) is 0 Å². The maximum atomic E-state index is 5.85. The van der Waals surface area contributed by atoms with E-state index in [1.807, 2.05) is 18.2 Å². The maximum Gasteiger partial charge on any atom is 0.307 e. The molecule has 0 aromatic heterocycles. The van der Waals surface area contributed by atoms with Gasteiger partial charge in [0, 0.05) is 4.43 Å². The van der Waals surface area contributed by atoms with Gasteiger partial charge in [-0.15, -0.1) is 22.2 Å². The summed E-state index contributed by atoms with van der Waals surface area (Å²) in [5.74, 6) is 0. The maximum absolute atomic E-state index is 5.85. The van der Waals surface area contributed by atoms with Crippen LogP contribution in [0.25, 0.3) is 0 Å². The predicted molar refractivity (Wildman–Crippen MR) is 61.3 cm³/mol. The van der Waals surface area contributed by atoms with Gasteiger partial charge in [-0.05, 0) is 10.8 Å². The van der Waals surface area contributed by atoms with Crippen LogP contribution in [0.3, 0.4) is 0 Å². The molecule has 11 heavy (non-hydrogen) atoms. The minimum Gasteiger partial charge on any atom is -0.140 e. The molecule has 0 N–H and O–H groups in total. The van der Waals surface area contributed by atoms with Crippen molar-refractivity contribution < 1.29 is 0 Å². The van der Waals surface area contributed by atoms with Crippen LogP contribution in [0.4, 0.5) is 0 Å². The van der Waals surface area contributed by atoms with E-state index in [2.05, 4.69) is 28.7 Å². The first-order valence-electron chi connectivity index (χ1n) is 3.08. The molecule has 0 aliphatic heterocycles. The van der Waals surface area contributed by atoms with Gasteiger partial charge in [-0.3, -0.25) is 0 Å². The van der Waals surface area contributed by atoms with Crippen LogP contribution < -0.4 is 5.19 Å². The average molecular weight is 316 g/mol. The number of alkyl halides is 1. The van der Waals surface area contributed by atoms with E-state index in [9.17, 15) is 0 Å². The third kappa shape index (κ3) is 2.61.